The van der Waals surface area contributed by atoms with Gasteiger partial charge in [-0.25, -0.2) is 4.79 Å². The largest absolute Gasteiger partial charge is 1.00 e. The third-order valence-corrected chi connectivity index (χ3v) is 3.99. The molecule has 1 fully saturated rings. The summed E-state index contributed by atoms with van der Waals surface area (Å²) in [5.41, 5.74) is 0. The van der Waals surface area contributed by atoms with Crippen molar-refractivity contribution in [1.82, 2.24) is 0 Å². The molecule has 0 radical (unpaired) electrons. The predicted octanol–water partition coefficient (Wildman–Crippen LogP) is -6.23. The smallest absolute Gasteiger partial charge is 0.361 e. The summed E-state index contributed by atoms with van der Waals surface area (Å²) in [5, 5.41) is 2.28. The van der Waals surface area contributed by atoms with Gasteiger partial charge in [-0.1, -0.05) is 13.8 Å². The van der Waals surface area contributed by atoms with Crippen molar-refractivity contribution >= 4 is 5.97 Å². The molecule has 1 rings (SSSR count). The molecule has 0 bridgehead atoms. The number of hydrogen-bond donors (Lipinski definition) is 1. The van der Waals surface area contributed by atoms with Crippen LogP contribution in [0.25, 0.3) is 0 Å². The van der Waals surface area contributed by atoms with Crippen LogP contribution in [-0.2, 0) is 14.3 Å². The number of hydrogen-bond acceptors (Lipinski definition) is 3. The number of carbonyl (C=O) groups is 1. The molecule has 0 saturated carbocycles. The fourth-order valence-electron chi connectivity index (χ4n) is 2.40. The second-order valence-corrected chi connectivity index (χ2v) is 5.66. The number of esters is 1. The van der Waals surface area contributed by atoms with Gasteiger partial charge >= 0.3 is 5.97 Å². The highest BCUT2D eigenvalue weighted by Gasteiger charge is 2.28. The summed E-state index contributed by atoms with van der Waals surface area (Å²) < 4.78 is 11.4. The monoisotopic (exact) mass is 528 g/mol. The van der Waals surface area contributed by atoms with Gasteiger partial charge in [-0.05, 0) is 12.8 Å². The molecule has 0 aromatic carbocycles. The van der Waals surface area contributed by atoms with E-state index in [1.807, 2.05) is 0 Å². The molecule has 0 unspecified atom stereocenters. The maximum atomic E-state index is 11.8. The Balaban J connectivity index is 0. The summed E-state index contributed by atoms with van der Waals surface area (Å²) in [4.78, 5) is 11.8. The van der Waals surface area contributed by atoms with Crippen molar-refractivity contribution in [3.63, 3.8) is 0 Å². The van der Waals surface area contributed by atoms with E-state index in [0.29, 0.717) is 19.2 Å². The summed E-state index contributed by atoms with van der Waals surface area (Å²) in [5.74, 6) is -0.0812. The second kappa shape index (κ2) is 13.3. The molecule has 0 aromatic rings. The van der Waals surface area contributed by atoms with Crippen molar-refractivity contribution < 1.29 is 72.0 Å². The molecule has 0 aromatic heterocycles. The van der Waals surface area contributed by atoms with Crippen molar-refractivity contribution in [2.45, 2.75) is 32.7 Å². The molecule has 0 amide bonds. The molecule has 0 aliphatic carbocycles. The van der Waals surface area contributed by atoms with Gasteiger partial charge in [0.05, 0.1) is 26.3 Å². The summed E-state index contributed by atoms with van der Waals surface area (Å²) in [7, 11) is 2.10. The standard InChI is InChI=1S/C14H29N2O3.2HI/c1-4-13(5-2)15-6-9-19-14(17)12-16(3)7-10-18-11-8-16;;/h13,15H,4-12H2,1-3H3;2*1H/q+1;;/p-1. The van der Waals surface area contributed by atoms with Crippen LogP contribution in [0.15, 0.2) is 0 Å². The number of nitrogens with zero attached hydrogens (tertiary/aromatic N) is 1. The number of halogens is 2. The van der Waals surface area contributed by atoms with Crippen LogP contribution in [0.4, 0.5) is 0 Å². The normalized spacial score (nSPS) is 16.8. The Kier molecular flexibility index (Phi) is 15.2. The third-order valence-electron chi connectivity index (χ3n) is 3.99. The minimum Gasteiger partial charge on any atom is -1.00 e. The number of rotatable bonds is 8. The first-order valence-corrected chi connectivity index (χ1v) is 7.50. The van der Waals surface area contributed by atoms with Crippen LogP contribution in [0.1, 0.15) is 26.7 Å². The first-order valence-electron chi connectivity index (χ1n) is 7.50. The third kappa shape index (κ3) is 10.2. The zero-order chi connectivity index (χ0) is 14.1. The van der Waals surface area contributed by atoms with E-state index in [1.54, 1.807) is 0 Å². The van der Waals surface area contributed by atoms with Gasteiger partial charge in [0, 0.05) is 0 Å². The van der Waals surface area contributed by atoms with Crippen LogP contribution in [0.2, 0.25) is 0 Å². The lowest BCUT2D eigenvalue weighted by Crippen LogP contribution is -3.00. The second-order valence-electron chi connectivity index (χ2n) is 5.66. The minimum atomic E-state index is -0.0812. The van der Waals surface area contributed by atoms with Crippen LogP contribution < -0.4 is 53.3 Å². The maximum Gasteiger partial charge on any atom is 0.361 e. The van der Waals surface area contributed by atoms with Crippen LogP contribution in [0.3, 0.4) is 0 Å². The number of nitrogens with two attached hydrogens (primary N) is 1. The Labute approximate surface area is 163 Å². The highest BCUT2D eigenvalue weighted by atomic mass is 127. The lowest BCUT2D eigenvalue weighted by atomic mass is 10.2. The SMILES string of the molecule is CCC(CC)[NH2+]CCOC(=O)C[N+]1(C)CCOCC1.[I-].[I-]. The van der Waals surface area contributed by atoms with Gasteiger partial charge in [0.25, 0.3) is 0 Å². The van der Waals surface area contributed by atoms with Crippen molar-refractivity contribution in [3.8, 4) is 0 Å². The summed E-state index contributed by atoms with van der Waals surface area (Å²) in [6.45, 7) is 9.52. The first-order chi connectivity index (χ1) is 9.09. The Morgan fingerprint density at radius 1 is 1.24 bits per heavy atom. The van der Waals surface area contributed by atoms with Gasteiger partial charge in [-0.15, -0.1) is 0 Å². The summed E-state index contributed by atoms with van der Waals surface area (Å²) in [6.07, 6.45) is 2.33. The van der Waals surface area contributed by atoms with E-state index in [2.05, 4.69) is 26.2 Å². The van der Waals surface area contributed by atoms with Crippen molar-refractivity contribution in [2.75, 3.05) is 53.0 Å². The minimum absolute atomic E-state index is 0. The number of quaternary nitrogens is 2. The molecule has 1 aliphatic rings. The fraction of sp³-hybridized carbons (Fsp3) is 0.929. The van der Waals surface area contributed by atoms with E-state index >= 15 is 0 Å². The van der Waals surface area contributed by atoms with E-state index < -0.39 is 0 Å². The van der Waals surface area contributed by atoms with Crippen molar-refractivity contribution in [2.24, 2.45) is 0 Å². The van der Waals surface area contributed by atoms with Crippen molar-refractivity contribution in [3.05, 3.63) is 0 Å². The van der Waals surface area contributed by atoms with Gasteiger partial charge < -0.3 is 67.2 Å². The van der Waals surface area contributed by atoms with Gasteiger partial charge in [-0.3, -0.25) is 0 Å². The van der Waals surface area contributed by atoms with E-state index in [4.69, 9.17) is 9.47 Å². The Hall–Kier alpha value is 0.810. The maximum absolute atomic E-state index is 11.8. The molecule has 0 spiro atoms. The Morgan fingerprint density at radius 3 is 2.33 bits per heavy atom. The van der Waals surface area contributed by atoms with Gasteiger partial charge in [0.1, 0.15) is 26.2 Å². The van der Waals surface area contributed by atoms with Crippen LogP contribution in [-0.4, -0.2) is 69.5 Å². The fourth-order valence-corrected chi connectivity index (χ4v) is 2.40. The van der Waals surface area contributed by atoms with Gasteiger partial charge in [0.2, 0.25) is 0 Å². The topological polar surface area (TPSA) is 52.1 Å². The average molecular weight is 528 g/mol. The lowest BCUT2D eigenvalue weighted by molar-refractivity contribution is -0.910. The van der Waals surface area contributed by atoms with Crippen LogP contribution in [0, 0.1) is 0 Å². The van der Waals surface area contributed by atoms with E-state index in [1.165, 1.54) is 12.8 Å². The molecular weight excluding hydrogens is 498 g/mol. The van der Waals surface area contributed by atoms with Crippen LogP contribution in [0.5, 0.6) is 0 Å². The molecule has 128 valence electrons. The summed E-state index contributed by atoms with van der Waals surface area (Å²) >= 11 is 0. The molecule has 21 heavy (non-hydrogen) atoms. The molecule has 1 heterocycles. The molecule has 5 nitrogen and oxygen atoms in total. The molecule has 1 saturated heterocycles. The van der Waals surface area contributed by atoms with E-state index in [9.17, 15) is 4.79 Å². The number of likely N-dealkylation sites (N-methyl/N-ethyl adjacent to an activating group) is 1. The van der Waals surface area contributed by atoms with Crippen LogP contribution >= 0.6 is 0 Å². The molecule has 7 heteroatoms. The quantitative estimate of drug-likeness (QED) is 0.148. The first kappa shape index (κ1) is 24.1. The average Bonchev–Trinajstić information content (AvgIpc) is 2.39. The Bertz CT molecular complexity index is 271. The van der Waals surface area contributed by atoms with Gasteiger partial charge in [0.15, 0.2) is 6.54 Å². The van der Waals surface area contributed by atoms with E-state index in [-0.39, 0.29) is 53.9 Å². The lowest BCUT2D eigenvalue weighted by Gasteiger charge is -2.36. The van der Waals surface area contributed by atoms with Gasteiger partial charge in [-0.2, -0.15) is 0 Å². The number of morpholine rings is 1. The Morgan fingerprint density at radius 2 is 1.81 bits per heavy atom. The zero-order valence-electron chi connectivity index (χ0n) is 13.4. The number of carbonyl (C=O) groups excluding carboxylic acids is 1. The number of ether oxygens (including phenoxy) is 2. The zero-order valence-corrected chi connectivity index (χ0v) is 17.8. The highest BCUT2D eigenvalue weighted by molar-refractivity contribution is 5.70. The molecule has 0 atom stereocenters. The predicted molar refractivity (Wildman–Crippen MR) is 73.7 cm³/mol. The molecule has 1 aliphatic heterocycles. The highest BCUT2D eigenvalue weighted by Crippen LogP contribution is 2.07. The molecular formula is C14H30I2N2O3. The summed E-state index contributed by atoms with van der Waals surface area (Å²) in [6, 6.07) is 0.655. The molecule has 2 N–H and O–H groups in total. The van der Waals surface area contributed by atoms with E-state index in [0.717, 1.165) is 37.3 Å². The van der Waals surface area contributed by atoms with Crippen molar-refractivity contribution in [1.29, 1.82) is 0 Å².